The Bertz CT molecular complexity index is 252. The molecule has 2 bridgehead atoms. The van der Waals surface area contributed by atoms with Gasteiger partial charge in [0.05, 0.1) is 0 Å². The molecule has 0 radical (unpaired) electrons. The van der Waals surface area contributed by atoms with Crippen LogP contribution in [-0.2, 0) is 13.8 Å². The summed E-state index contributed by atoms with van der Waals surface area (Å²) in [5, 5.41) is 28.7. The molecule has 0 aliphatic carbocycles. The molecule has 2 N–H and O–H groups in total. The van der Waals surface area contributed by atoms with Crippen LogP contribution in [0.3, 0.4) is 0 Å². The molecule has 2 rings (SSSR count). The van der Waals surface area contributed by atoms with Crippen LogP contribution >= 0.6 is 0 Å². The van der Waals surface area contributed by atoms with E-state index in [0.717, 1.165) is 0 Å². The first-order valence-corrected chi connectivity index (χ1v) is 7.06. The number of carboxylic acid groups (broad SMARTS) is 1. The summed E-state index contributed by atoms with van der Waals surface area (Å²) in [6.07, 6.45) is -4.74. The van der Waals surface area contributed by atoms with Gasteiger partial charge in [0, 0.05) is 0 Å². The van der Waals surface area contributed by atoms with E-state index in [9.17, 15) is 15.0 Å². The van der Waals surface area contributed by atoms with Crippen LogP contribution < -0.4 is 34.7 Å². The summed E-state index contributed by atoms with van der Waals surface area (Å²) >= 11 is -2.57. The molecule has 2 aliphatic rings. The predicted octanol–water partition coefficient (Wildman–Crippen LogP) is -6.74. The second-order valence-corrected chi connectivity index (χ2v) is 6.20. The average molecular weight is 337 g/mol. The van der Waals surface area contributed by atoms with Crippen molar-refractivity contribution < 1.29 is 58.7 Å². The van der Waals surface area contributed by atoms with Gasteiger partial charge in [0.2, 0.25) is 0 Å². The van der Waals surface area contributed by atoms with Crippen LogP contribution in [0.2, 0.25) is 0 Å². The van der Waals surface area contributed by atoms with E-state index in [1.165, 1.54) is 0 Å². The number of carboxylic acids is 1. The van der Waals surface area contributed by atoms with Gasteiger partial charge in [-0.3, -0.25) is 0 Å². The molecule has 0 aromatic carbocycles. The maximum absolute atomic E-state index is 10.3. The Morgan fingerprint density at radius 2 is 2.13 bits per heavy atom. The number of aliphatic carboxylic acids is 1. The molecule has 4 atom stereocenters. The van der Waals surface area contributed by atoms with Gasteiger partial charge >= 0.3 is 117 Å². The predicted molar refractivity (Wildman–Crippen MR) is 38.5 cm³/mol. The second kappa shape index (κ2) is 5.62. The van der Waals surface area contributed by atoms with Crippen LogP contribution in [0, 0.1) is 0 Å². The van der Waals surface area contributed by atoms with Gasteiger partial charge in [0.25, 0.3) is 0 Å². The minimum Gasteiger partial charge on any atom is 1.00 e. The number of aliphatic hydroxyl groups excluding tert-OH is 2. The SMILES string of the molecule is O=C([O-])C(O)C(O)C1[O][Sb]2[O]CC1[O]2.[Na+]. The Morgan fingerprint density at radius 1 is 1.47 bits per heavy atom. The van der Waals surface area contributed by atoms with E-state index in [1.807, 2.05) is 0 Å². The van der Waals surface area contributed by atoms with E-state index in [4.69, 9.17) is 14.2 Å². The van der Waals surface area contributed by atoms with Gasteiger partial charge in [0.1, 0.15) is 0 Å². The Hall–Kier alpha value is 1.09. The van der Waals surface area contributed by atoms with Gasteiger partial charge in [0.15, 0.2) is 0 Å². The van der Waals surface area contributed by atoms with Crippen molar-refractivity contribution in [3.05, 3.63) is 0 Å². The van der Waals surface area contributed by atoms with Gasteiger partial charge in [-0.25, -0.2) is 0 Å². The van der Waals surface area contributed by atoms with E-state index >= 15 is 0 Å². The summed E-state index contributed by atoms with van der Waals surface area (Å²) in [5.41, 5.74) is 0. The van der Waals surface area contributed by atoms with Gasteiger partial charge < -0.3 is 0 Å². The molecule has 80 valence electrons. The quantitative estimate of drug-likeness (QED) is 0.493. The summed E-state index contributed by atoms with van der Waals surface area (Å²) in [4.78, 5) is 10.3. The van der Waals surface area contributed by atoms with Crippen LogP contribution in [0.15, 0.2) is 0 Å². The summed E-state index contributed by atoms with van der Waals surface area (Å²) in [7, 11) is 0. The van der Waals surface area contributed by atoms with Gasteiger partial charge in [-0.05, 0) is 0 Å². The Kier molecular flexibility index (Phi) is 5.30. The fraction of sp³-hybridized carbons (Fsp3) is 0.833. The van der Waals surface area contributed by atoms with Crippen LogP contribution in [0.4, 0.5) is 0 Å². The first kappa shape index (κ1) is 14.2. The molecule has 2 saturated heterocycles. The van der Waals surface area contributed by atoms with Gasteiger partial charge in [-0.1, -0.05) is 0 Å². The number of fused-ring (bicyclic) bond motifs is 2. The average Bonchev–Trinajstić information content (AvgIpc) is 2.76. The summed E-state index contributed by atoms with van der Waals surface area (Å²) in [6, 6.07) is 0. The zero-order valence-corrected chi connectivity index (χ0v) is 12.5. The van der Waals surface area contributed by atoms with E-state index in [1.54, 1.807) is 0 Å². The first-order chi connectivity index (χ1) is 6.59. The molecule has 0 aromatic heterocycles. The third kappa shape index (κ3) is 2.85. The molecule has 7 nitrogen and oxygen atoms in total. The zero-order valence-electron chi connectivity index (χ0n) is 7.90. The number of hydrogen-bond donors (Lipinski definition) is 2. The molecule has 0 spiro atoms. The molecule has 2 fully saturated rings. The van der Waals surface area contributed by atoms with Gasteiger partial charge in [-0.15, -0.1) is 0 Å². The van der Waals surface area contributed by atoms with E-state index in [-0.39, 0.29) is 29.6 Å². The third-order valence-electron chi connectivity index (χ3n) is 2.04. The van der Waals surface area contributed by atoms with Crippen molar-refractivity contribution in [1.82, 2.24) is 0 Å². The van der Waals surface area contributed by atoms with Crippen molar-refractivity contribution in [1.29, 1.82) is 0 Å². The fourth-order valence-electron chi connectivity index (χ4n) is 1.28. The van der Waals surface area contributed by atoms with E-state index in [0.29, 0.717) is 6.61 Å². The second-order valence-electron chi connectivity index (χ2n) is 2.99. The molecule has 2 heterocycles. The molecule has 15 heavy (non-hydrogen) atoms. The molecule has 2 aliphatic heterocycles. The summed E-state index contributed by atoms with van der Waals surface area (Å²) in [5.74, 6) is -1.73. The smallest absolute Gasteiger partial charge is 1.00 e. The minimum atomic E-state index is -2.57. The van der Waals surface area contributed by atoms with Crippen LogP contribution in [0.5, 0.6) is 0 Å². The van der Waals surface area contributed by atoms with E-state index < -0.39 is 51.9 Å². The molecular formula is C6H8NaO7Sb. The standard InChI is InChI=1S/C6H9O7.Na.Sb/c7-1-2(8)3(9)4(10)5(11)6(12)13;;/h2-5,10-11H,1H2,(H,12,13);;/q-3;+1;+3/p-1. The minimum absolute atomic E-state index is 0. The number of carbonyl (C=O) groups is 1. The number of rotatable bonds is 3. The van der Waals surface area contributed by atoms with Crippen molar-refractivity contribution in [3.8, 4) is 0 Å². The Morgan fingerprint density at radius 3 is 2.53 bits per heavy atom. The Balaban J connectivity index is 0.00000112. The van der Waals surface area contributed by atoms with Crippen molar-refractivity contribution in [2.75, 3.05) is 6.61 Å². The fourth-order valence-corrected chi connectivity index (χ4v) is 5.00. The van der Waals surface area contributed by atoms with Crippen molar-refractivity contribution in [2.24, 2.45) is 0 Å². The maximum atomic E-state index is 10.3. The monoisotopic (exact) mass is 336 g/mol. The zero-order chi connectivity index (χ0) is 10.3. The van der Waals surface area contributed by atoms with Crippen molar-refractivity contribution >= 4 is 27.4 Å². The topological polar surface area (TPSA) is 108 Å². The molecule has 4 unspecified atom stereocenters. The molecular weight excluding hydrogens is 329 g/mol. The first-order valence-electron chi connectivity index (χ1n) is 3.93. The van der Waals surface area contributed by atoms with Crippen molar-refractivity contribution in [3.63, 3.8) is 0 Å². The van der Waals surface area contributed by atoms with Crippen LogP contribution in [-0.4, -0.2) is 68.7 Å². The Labute approximate surface area is 116 Å². The van der Waals surface area contributed by atoms with Crippen LogP contribution in [0.25, 0.3) is 0 Å². The molecule has 0 amide bonds. The van der Waals surface area contributed by atoms with Gasteiger partial charge in [-0.2, -0.15) is 0 Å². The number of aliphatic hydroxyl groups is 2. The third-order valence-corrected chi connectivity index (χ3v) is 5.52. The number of hydrogen-bond acceptors (Lipinski definition) is 7. The molecule has 9 heteroatoms. The van der Waals surface area contributed by atoms with Crippen LogP contribution in [0.1, 0.15) is 0 Å². The van der Waals surface area contributed by atoms with Crippen molar-refractivity contribution in [2.45, 2.75) is 24.4 Å². The molecule has 0 saturated carbocycles. The molecule has 0 aromatic rings. The summed E-state index contributed by atoms with van der Waals surface area (Å²) in [6.45, 7) is 0.296. The largest absolute Gasteiger partial charge is 1.00 e. The maximum Gasteiger partial charge on any atom is 1.00 e. The number of carbonyl (C=O) groups excluding carboxylic acids is 1. The summed E-state index contributed by atoms with van der Waals surface area (Å²) < 4.78 is 15.4. The normalized spacial score (nSPS) is 33.5. The van der Waals surface area contributed by atoms with E-state index in [2.05, 4.69) is 0 Å².